The molecule has 0 aliphatic heterocycles. The normalized spacial score (nSPS) is 9.71. The standard InChI is InChI=1S/C14H13NO.C13H11NO/c1-15(13-10-6-3-7-11-13)14(16)12-8-4-2-5-9-12;15-13(11-7-3-1-4-8-11)14-12-9-5-2-6-10-12/h2-11H,1H3;1-10H,(H,14,15). The Morgan fingerprint density at radius 3 is 1.52 bits per heavy atom. The fourth-order valence-electron chi connectivity index (χ4n) is 2.86. The molecule has 1 N–H and O–H groups in total. The molecule has 0 aliphatic rings. The highest BCUT2D eigenvalue weighted by Crippen LogP contribution is 2.14. The van der Waals surface area contributed by atoms with Gasteiger partial charge in [0.25, 0.3) is 11.8 Å². The minimum absolute atomic E-state index is 0.00630. The predicted molar refractivity (Wildman–Crippen MR) is 126 cm³/mol. The Bertz CT molecular complexity index is 1080. The Kier molecular flexibility index (Phi) is 7.72. The first-order valence-corrected chi connectivity index (χ1v) is 9.95. The lowest BCUT2D eigenvalue weighted by atomic mass is 10.2. The lowest BCUT2D eigenvalue weighted by Gasteiger charge is -2.17. The highest BCUT2D eigenvalue weighted by atomic mass is 16.2. The van der Waals surface area contributed by atoms with Crippen molar-refractivity contribution < 1.29 is 9.59 Å². The van der Waals surface area contributed by atoms with Gasteiger partial charge in [-0.05, 0) is 48.5 Å². The number of amides is 2. The van der Waals surface area contributed by atoms with Crippen LogP contribution in [-0.2, 0) is 0 Å². The van der Waals surface area contributed by atoms with Crippen LogP contribution in [0.15, 0.2) is 121 Å². The van der Waals surface area contributed by atoms with Gasteiger partial charge in [-0.25, -0.2) is 0 Å². The zero-order valence-corrected chi connectivity index (χ0v) is 17.3. The van der Waals surface area contributed by atoms with Crippen LogP contribution >= 0.6 is 0 Å². The van der Waals surface area contributed by atoms with Crippen molar-refractivity contribution in [3.05, 3.63) is 132 Å². The van der Waals surface area contributed by atoms with Crippen LogP contribution in [0.3, 0.4) is 0 Å². The van der Waals surface area contributed by atoms with E-state index in [9.17, 15) is 9.59 Å². The summed E-state index contributed by atoms with van der Waals surface area (Å²) in [4.78, 5) is 25.4. The Morgan fingerprint density at radius 1 is 0.581 bits per heavy atom. The van der Waals surface area contributed by atoms with Gasteiger partial charge in [0.1, 0.15) is 0 Å². The molecule has 154 valence electrons. The van der Waals surface area contributed by atoms with Crippen molar-refractivity contribution in [1.29, 1.82) is 0 Å². The zero-order valence-electron chi connectivity index (χ0n) is 17.3. The van der Waals surface area contributed by atoms with Crippen LogP contribution in [0.1, 0.15) is 20.7 Å². The Balaban J connectivity index is 0.000000176. The lowest BCUT2D eigenvalue weighted by Crippen LogP contribution is -2.25. The maximum absolute atomic E-state index is 12.1. The van der Waals surface area contributed by atoms with Crippen molar-refractivity contribution in [1.82, 2.24) is 0 Å². The molecule has 0 radical (unpaired) electrons. The SMILES string of the molecule is CN(C(=O)c1ccccc1)c1ccccc1.O=C(Nc1ccccc1)c1ccccc1. The first-order chi connectivity index (χ1) is 15.1. The van der Waals surface area contributed by atoms with Crippen LogP contribution < -0.4 is 10.2 Å². The zero-order chi connectivity index (χ0) is 21.9. The minimum atomic E-state index is -0.0817. The van der Waals surface area contributed by atoms with Crippen molar-refractivity contribution >= 4 is 23.2 Å². The highest BCUT2D eigenvalue weighted by Gasteiger charge is 2.11. The van der Waals surface area contributed by atoms with Crippen LogP contribution in [0.4, 0.5) is 11.4 Å². The second-order valence-electron chi connectivity index (χ2n) is 6.75. The Morgan fingerprint density at radius 2 is 1.00 bits per heavy atom. The molecule has 0 aliphatic carbocycles. The van der Waals surface area contributed by atoms with E-state index in [0.29, 0.717) is 11.1 Å². The minimum Gasteiger partial charge on any atom is -0.322 e. The van der Waals surface area contributed by atoms with Gasteiger partial charge in [-0.3, -0.25) is 9.59 Å². The van der Waals surface area contributed by atoms with Gasteiger partial charge in [-0.2, -0.15) is 0 Å². The molecule has 0 bridgehead atoms. The quantitative estimate of drug-likeness (QED) is 0.457. The van der Waals surface area contributed by atoms with E-state index in [0.717, 1.165) is 11.4 Å². The van der Waals surface area contributed by atoms with E-state index in [4.69, 9.17) is 0 Å². The van der Waals surface area contributed by atoms with Gasteiger partial charge in [-0.1, -0.05) is 72.8 Å². The van der Waals surface area contributed by atoms with Crippen molar-refractivity contribution in [2.75, 3.05) is 17.3 Å². The number of anilines is 2. The number of nitrogens with zero attached hydrogens (tertiary/aromatic N) is 1. The molecule has 0 spiro atoms. The van der Waals surface area contributed by atoms with Crippen molar-refractivity contribution in [2.24, 2.45) is 0 Å². The summed E-state index contributed by atoms with van der Waals surface area (Å²) >= 11 is 0. The van der Waals surface area contributed by atoms with E-state index in [1.54, 1.807) is 24.1 Å². The number of para-hydroxylation sites is 2. The summed E-state index contributed by atoms with van der Waals surface area (Å²) in [5.74, 6) is -0.0754. The summed E-state index contributed by atoms with van der Waals surface area (Å²) in [6, 6.07) is 37.5. The Hall–Kier alpha value is -4.18. The van der Waals surface area contributed by atoms with Crippen molar-refractivity contribution in [3.63, 3.8) is 0 Å². The molecule has 31 heavy (non-hydrogen) atoms. The number of benzene rings is 4. The van der Waals surface area contributed by atoms with Crippen molar-refractivity contribution in [2.45, 2.75) is 0 Å². The fourth-order valence-corrected chi connectivity index (χ4v) is 2.86. The summed E-state index contributed by atoms with van der Waals surface area (Å²) < 4.78 is 0. The maximum Gasteiger partial charge on any atom is 0.258 e. The fraction of sp³-hybridized carbons (Fsp3) is 0.0370. The predicted octanol–water partition coefficient (Wildman–Crippen LogP) is 5.90. The number of carbonyl (C=O) groups is 2. The van der Waals surface area contributed by atoms with Crippen LogP contribution in [0.25, 0.3) is 0 Å². The topological polar surface area (TPSA) is 49.4 Å². The number of carbonyl (C=O) groups excluding carboxylic acids is 2. The first-order valence-electron chi connectivity index (χ1n) is 9.95. The van der Waals surface area contributed by atoms with Crippen LogP contribution in [0.2, 0.25) is 0 Å². The van der Waals surface area contributed by atoms with E-state index in [2.05, 4.69) is 5.32 Å². The molecule has 4 nitrogen and oxygen atoms in total. The molecular weight excluding hydrogens is 384 g/mol. The maximum atomic E-state index is 12.1. The van der Waals surface area contributed by atoms with Gasteiger partial charge >= 0.3 is 0 Å². The summed E-state index contributed by atoms with van der Waals surface area (Å²) in [5, 5.41) is 2.82. The van der Waals surface area contributed by atoms with Crippen LogP contribution in [0.5, 0.6) is 0 Å². The van der Waals surface area contributed by atoms with Gasteiger partial charge < -0.3 is 10.2 Å². The third-order valence-corrected chi connectivity index (χ3v) is 4.54. The summed E-state index contributed by atoms with van der Waals surface area (Å²) in [7, 11) is 1.78. The number of rotatable bonds is 4. The molecule has 0 fully saturated rings. The van der Waals surface area contributed by atoms with Gasteiger partial charge in [0, 0.05) is 29.5 Å². The molecule has 0 saturated heterocycles. The summed E-state index contributed by atoms with van der Waals surface area (Å²) in [6.07, 6.45) is 0. The second-order valence-corrected chi connectivity index (χ2v) is 6.75. The van der Waals surface area contributed by atoms with Crippen molar-refractivity contribution in [3.8, 4) is 0 Å². The molecular formula is C27H24N2O2. The van der Waals surface area contributed by atoms with Gasteiger partial charge in [0.15, 0.2) is 0 Å². The van der Waals surface area contributed by atoms with E-state index in [-0.39, 0.29) is 11.8 Å². The average molecular weight is 409 g/mol. The monoisotopic (exact) mass is 408 g/mol. The molecule has 4 heteroatoms. The number of hydrogen-bond donors (Lipinski definition) is 1. The molecule has 4 aromatic rings. The molecule has 0 saturated carbocycles. The largest absolute Gasteiger partial charge is 0.322 e. The van der Waals surface area contributed by atoms with E-state index < -0.39 is 0 Å². The van der Waals surface area contributed by atoms with Gasteiger partial charge in [-0.15, -0.1) is 0 Å². The molecule has 4 aromatic carbocycles. The molecule has 4 rings (SSSR count). The molecule has 2 amide bonds. The third-order valence-electron chi connectivity index (χ3n) is 4.54. The molecule has 0 unspecified atom stereocenters. The average Bonchev–Trinajstić information content (AvgIpc) is 2.86. The Labute approximate surface area is 182 Å². The van der Waals surface area contributed by atoms with Crippen LogP contribution in [-0.4, -0.2) is 18.9 Å². The molecule has 0 atom stereocenters. The molecule has 0 aromatic heterocycles. The van der Waals surface area contributed by atoms with Gasteiger partial charge in [0.2, 0.25) is 0 Å². The van der Waals surface area contributed by atoms with E-state index in [1.807, 2.05) is 109 Å². The summed E-state index contributed by atoms with van der Waals surface area (Å²) in [6.45, 7) is 0. The van der Waals surface area contributed by atoms with Gasteiger partial charge in [0.05, 0.1) is 0 Å². The smallest absolute Gasteiger partial charge is 0.258 e. The van der Waals surface area contributed by atoms with Crippen LogP contribution in [0, 0.1) is 0 Å². The molecule has 0 heterocycles. The summed E-state index contributed by atoms with van der Waals surface area (Å²) in [5.41, 5.74) is 3.08. The van der Waals surface area contributed by atoms with E-state index >= 15 is 0 Å². The number of nitrogens with one attached hydrogen (secondary N) is 1. The lowest BCUT2D eigenvalue weighted by molar-refractivity contribution is 0.0991. The first kappa shape index (κ1) is 21.5. The van der Waals surface area contributed by atoms with E-state index in [1.165, 1.54) is 0 Å². The number of hydrogen-bond acceptors (Lipinski definition) is 2. The third kappa shape index (κ3) is 6.41. The second kappa shape index (κ2) is 11.1. The highest BCUT2D eigenvalue weighted by molar-refractivity contribution is 6.05.